The van der Waals surface area contributed by atoms with Gasteiger partial charge in [-0.05, 0) is 5.56 Å². The molecule has 0 spiro atoms. The molecule has 2 nitrogen and oxygen atoms in total. The van der Waals surface area contributed by atoms with Crippen LogP contribution in [0.1, 0.15) is 11.5 Å². The normalized spacial score (nSPS) is 12.2. The molecule has 0 radical (unpaired) electrons. The van der Waals surface area contributed by atoms with Crippen LogP contribution in [0.4, 0.5) is 0 Å². The number of rotatable bonds is 3. The Hall–Kier alpha value is -0.830. The van der Waals surface area contributed by atoms with Crippen molar-refractivity contribution in [3.05, 3.63) is 35.9 Å². The highest BCUT2D eigenvalue weighted by atomic mass is 79.9. The predicted molar refractivity (Wildman–Crippen MR) is 55.0 cm³/mol. The average molecular weight is 243 g/mol. The van der Waals surface area contributed by atoms with E-state index in [1.54, 1.807) is 0 Å². The first kappa shape index (κ1) is 10.3. The maximum absolute atomic E-state index is 11.3. The third kappa shape index (κ3) is 2.56. The standard InChI is InChI=1S/C10H11BrO2/c1-13-10(12)9(7-11)8-5-3-2-4-6-8/h2-6,9H,7H2,1H3. The fourth-order valence-electron chi connectivity index (χ4n) is 1.12. The molecule has 0 aliphatic rings. The van der Waals surface area contributed by atoms with Gasteiger partial charge in [0.2, 0.25) is 0 Å². The van der Waals surface area contributed by atoms with E-state index in [9.17, 15) is 4.79 Å². The molecule has 3 heteroatoms. The summed E-state index contributed by atoms with van der Waals surface area (Å²) < 4.78 is 4.69. The van der Waals surface area contributed by atoms with Crippen molar-refractivity contribution in [3.63, 3.8) is 0 Å². The topological polar surface area (TPSA) is 26.3 Å². The molecule has 70 valence electrons. The number of alkyl halides is 1. The van der Waals surface area contributed by atoms with E-state index in [0.717, 1.165) is 5.56 Å². The van der Waals surface area contributed by atoms with Gasteiger partial charge in [0.1, 0.15) is 0 Å². The van der Waals surface area contributed by atoms with Gasteiger partial charge in [0.05, 0.1) is 13.0 Å². The van der Waals surface area contributed by atoms with Crippen molar-refractivity contribution in [2.24, 2.45) is 0 Å². The molecule has 0 aliphatic heterocycles. The lowest BCUT2D eigenvalue weighted by Gasteiger charge is -2.11. The van der Waals surface area contributed by atoms with Crippen LogP contribution < -0.4 is 0 Å². The zero-order chi connectivity index (χ0) is 9.68. The Bertz CT molecular complexity index is 272. The van der Waals surface area contributed by atoms with Gasteiger partial charge in [-0.2, -0.15) is 0 Å². The Kier molecular flexibility index (Phi) is 3.96. The SMILES string of the molecule is COC(=O)C(CBr)c1ccccc1. The molecule has 1 unspecified atom stereocenters. The summed E-state index contributed by atoms with van der Waals surface area (Å²) >= 11 is 3.29. The monoisotopic (exact) mass is 242 g/mol. The molecule has 1 rings (SSSR count). The first-order valence-electron chi connectivity index (χ1n) is 3.98. The Balaban J connectivity index is 2.85. The Morgan fingerprint density at radius 1 is 1.46 bits per heavy atom. The molecule has 0 bridgehead atoms. The van der Waals surface area contributed by atoms with E-state index in [1.165, 1.54) is 7.11 Å². The fraction of sp³-hybridized carbons (Fsp3) is 0.300. The van der Waals surface area contributed by atoms with Crippen LogP contribution in [0.15, 0.2) is 30.3 Å². The van der Waals surface area contributed by atoms with E-state index in [0.29, 0.717) is 5.33 Å². The molecule has 0 aliphatic carbocycles. The van der Waals surface area contributed by atoms with Crippen molar-refractivity contribution in [2.45, 2.75) is 5.92 Å². The molecule has 0 fully saturated rings. The van der Waals surface area contributed by atoms with E-state index in [-0.39, 0.29) is 11.9 Å². The number of benzene rings is 1. The summed E-state index contributed by atoms with van der Waals surface area (Å²) in [7, 11) is 1.40. The van der Waals surface area contributed by atoms with Crippen LogP contribution in [-0.2, 0) is 9.53 Å². The summed E-state index contributed by atoms with van der Waals surface area (Å²) in [5.41, 5.74) is 0.978. The lowest BCUT2D eigenvalue weighted by molar-refractivity contribution is -0.141. The summed E-state index contributed by atoms with van der Waals surface area (Å²) in [6.07, 6.45) is 0. The Morgan fingerprint density at radius 2 is 2.08 bits per heavy atom. The number of hydrogen-bond donors (Lipinski definition) is 0. The minimum atomic E-state index is -0.205. The molecule has 0 heterocycles. The number of halogens is 1. The second-order valence-electron chi connectivity index (χ2n) is 2.64. The fourth-order valence-corrected chi connectivity index (χ4v) is 1.75. The van der Waals surface area contributed by atoms with Crippen LogP contribution in [0.2, 0.25) is 0 Å². The van der Waals surface area contributed by atoms with Crippen molar-refractivity contribution in [1.29, 1.82) is 0 Å². The number of hydrogen-bond acceptors (Lipinski definition) is 2. The van der Waals surface area contributed by atoms with Crippen molar-refractivity contribution in [2.75, 3.05) is 12.4 Å². The molecule has 0 N–H and O–H groups in total. The maximum Gasteiger partial charge on any atom is 0.313 e. The van der Waals surface area contributed by atoms with Crippen LogP contribution in [-0.4, -0.2) is 18.4 Å². The van der Waals surface area contributed by atoms with Gasteiger partial charge in [0.15, 0.2) is 0 Å². The molecule has 1 aromatic rings. The van der Waals surface area contributed by atoms with Crippen LogP contribution >= 0.6 is 15.9 Å². The number of esters is 1. The Morgan fingerprint density at radius 3 is 2.54 bits per heavy atom. The van der Waals surface area contributed by atoms with Crippen molar-refractivity contribution < 1.29 is 9.53 Å². The number of carbonyl (C=O) groups is 1. The minimum Gasteiger partial charge on any atom is -0.469 e. The van der Waals surface area contributed by atoms with Crippen LogP contribution in [0, 0.1) is 0 Å². The molecule has 0 saturated heterocycles. The highest BCUT2D eigenvalue weighted by Gasteiger charge is 2.19. The highest BCUT2D eigenvalue weighted by Crippen LogP contribution is 2.18. The van der Waals surface area contributed by atoms with Crippen molar-refractivity contribution >= 4 is 21.9 Å². The van der Waals surface area contributed by atoms with E-state index >= 15 is 0 Å². The summed E-state index contributed by atoms with van der Waals surface area (Å²) in [5, 5.41) is 0.587. The van der Waals surface area contributed by atoms with Gasteiger partial charge in [0.25, 0.3) is 0 Å². The predicted octanol–water partition coefficient (Wildman–Crippen LogP) is 2.34. The molecule has 1 aromatic carbocycles. The minimum absolute atomic E-state index is 0.203. The smallest absolute Gasteiger partial charge is 0.313 e. The zero-order valence-corrected chi connectivity index (χ0v) is 8.95. The second kappa shape index (κ2) is 5.02. The molecular formula is C10H11BrO2. The highest BCUT2D eigenvalue weighted by molar-refractivity contribution is 9.09. The van der Waals surface area contributed by atoms with Crippen molar-refractivity contribution in [1.82, 2.24) is 0 Å². The maximum atomic E-state index is 11.3. The third-order valence-electron chi connectivity index (χ3n) is 1.84. The first-order valence-corrected chi connectivity index (χ1v) is 5.10. The number of methoxy groups -OCH3 is 1. The lowest BCUT2D eigenvalue weighted by Crippen LogP contribution is -2.15. The van der Waals surface area contributed by atoms with Crippen LogP contribution in [0.5, 0.6) is 0 Å². The molecule has 0 aromatic heterocycles. The van der Waals surface area contributed by atoms with Crippen LogP contribution in [0.25, 0.3) is 0 Å². The van der Waals surface area contributed by atoms with Gasteiger partial charge in [-0.15, -0.1) is 0 Å². The summed E-state index contributed by atoms with van der Waals surface area (Å²) in [6.45, 7) is 0. The van der Waals surface area contributed by atoms with Gasteiger partial charge in [-0.25, -0.2) is 0 Å². The quantitative estimate of drug-likeness (QED) is 0.601. The van der Waals surface area contributed by atoms with Crippen LogP contribution in [0.3, 0.4) is 0 Å². The second-order valence-corrected chi connectivity index (χ2v) is 3.29. The molecule has 13 heavy (non-hydrogen) atoms. The molecule has 0 amide bonds. The lowest BCUT2D eigenvalue weighted by atomic mass is 10.0. The van der Waals surface area contributed by atoms with Gasteiger partial charge < -0.3 is 4.74 Å². The molecular weight excluding hydrogens is 232 g/mol. The molecule has 1 atom stereocenters. The van der Waals surface area contributed by atoms with Gasteiger partial charge in [-0.3, -0.25) is 4.79 Å². The van der Waals surface area contributed by atoms with Gasteiger partial charge >= 0.3 is 5.97 Å². The van der Waals surface area contributed by atoms with E-state index < -0.39 is 0 Å². The Labute approximate surface area is 86.0 Å². The first-order chi connectivity index (χ1) is 6.29. The number of ether oxygens (including phenoxy) is 1. The van der Waals surface area contributed by atoms with Crippen molar-refractivity contribution in [3.8, 4) is 0 Å². The summed E-state index contributed by atoms with van der Waals surface area (Å²) in [6, 6.07) is 9.58. The van der Waals surface area contributed by atoms with Gasteiger partial charge in [-0.1, -0.05) is 46.3 Å². The average Bonchev–Trinajstić information content (AvgIpc) is 2.20. The number of carbonyl (C=O) groups excluding carboxylic acids is 1. The van der Waals surface area contributed by atoms with E-state index in [4.69, 9.17) is 0 Å². The summed E-state index contributed by atoms with van der Waals surface area (Å²) in [5.74, 6) is -0.408. The largest absolute Gasteiger partial charge is 0.469 e. The molecule has 0 saturated carbocycles. The third-order valence-corrected chi connectivity index (χ3v) is 2.49. The zero-order valence-electron chi connectivity index (χ0n) is 7.37. The van der Waals surface area contributed by atoms with E-state index in [1.807, 2.05) is 30.3 Å². The summed E-state index contributed by atoms with van der Waals surface area (Å²) in [4.78, 5) is 11.3. The van der Waals surface area contributed by atoms with Gasteiger partial charge in [0, 0.05) is 5.33 Å². The van der Waals surface area contributed by atoms with E-state index in [2.05, 4.69) is 20.7 Å².